The SMILES string of the molecule is CN1[C@@H]2CC(OC(=O)[C@H](COCBr)c3ccccc3)C[C@H]1[C@@H]1O[C@@H]12. The van der Waals surface area contributed by atoms with Crippen molar-refractivity contribution in [2.45, 2.75) is 49.2 Å². The lowest BCUT2D eigenvalue weighted by Crippen LogP contribution is -2.48. The number of hydrogen-bond donors (Lipinski definition) is 0. The Labute approximate surface area is 150 Å². The van der Waals surface area contributed by atoms with E-state index in [-0.39, 0.29) is 18.0 Å². The number of esters is 1. The van der Waals surface area contributed by atoms with Gasteiger partial charge in [0.25, 0.3) is 0 Å². The molecule has 3 heterocycles. The minimum absolute atomic E-state index is 0.0183. The molecule has 6 heteroatoms. The van der Waals surface area contributed by atoms with Crippen molar-refractivity contribution in [3.05, 3.63) is 35.9 Å². The van der Waals surface area contributed by atoms with Gasteiger partial charge in [-0.25, -0.2) is 0 Å². The van der Waals surface area contributed by atoms with E-state index in [1.807, 2.05) is 30.3 Å². The van der Waals surface area contributed by atoms with E-state index >= 15 is 0 Å². The Kier molecular flexibility index (Phi) is 4.64. The van der Waals surface area contributed by atoms with Gasteiger partial charge in [0.2, 0.25) is 0 Å². The van der Waals surface area contributed by atoms with Crippen LogP contribution in [0.3, 0.4) is 0 Å². The molecule has 3 saturated heterocycles. The number of alkyl halides is 1. The van der Waals surface area contributed by atoms with Gasteiger partial charge in [-0.3, -0.25) is 9.69 Å². The lowest BCUT2D eigenvalue weighted by molar-refractivity contribution is -0.157. The maximum absolute atomic E-state index is 12.8. The molecule has 1 unspecified atom stereocenters. The molecule has 0 saturated carbocycles. The van der Waals surface area contributed by atoms with Gasteiger partial charge < -0.3 is 14.2 Å². The van der Waals surface area contributed by atoms with Crippen LogP contribution in [0.1, 0.15) is 24.3 Å². The predicted octanol–water partition coefficient (Wildman–Crippen LogP) is 2.29. The molecular weight excluding hydrogens is 374 g/mol. The van der Waals surface area contributed by atoms with Crippen LogP contribution in [-0.2, 0) is 19.0 Å². The fourth-order valence-electron chi connectivity index (χ4n) is 4.19. The van der Waals surface area contributed by atoms with Crippen LogP contribution in [0.15, 0.2) is 30.3 Å². The number of carbonyl (C=O) groups is 1. The molecule has 5 nitrogen and oxygen atoms in total. The van der Waals surface area contributed by atoms with Crippen molar-refractivity contribution in [1.82, 2.24) is 4.90 Å². The summed E-state index contributed by atoms with van der Waals surface area (Å²) >= 11 is 3.25. The van der Waals surface area contributed by atoms with E-state index in [9.17, 15) is 4.79 Å². The van der Waals surface area contributed by atoms with Crippen LogP contribution in [0.4, 0.5) is 0 Å². The van der Waals surface area contributed by atoms with Gasteiger partial charge >= 0.3 is 5.97 Å². The van der Waals surface area contributed by atoms with Crippen LogP contribution < -0.4 is 0 Å². The van der Waals surface area contributed by atoms with E-state index in [2.05, 4.69) is 27.9 Å². The molecule has 0 aliphatic carbocycles. The molecule has 0 spiro atoms. The number of carbonyl (C=O) groups excluding carboxylic acids is 1. The third-order valence-electron chi connectivity index (χ3n) is 5.51. The zero-order valence-corrected chi connectivity index (χ0v) is 15.2. The number of likely N-dealkylation sites (N-methyl/N-ethyl adjacent to an activating group) is 1. The zero-order chi connectivity index (χ0) is 16.7. The lowest BCUT2D eigenvalue weighted by Gasteiger charge is -2.38. The number of benzene rings is 1. The standard InChI is InChI=1S/C18H22BrNO4/c1-20-14-7-12(8-15(20)17-16(14)24-17)23-18(21)13(9-22-10-19)11-5-3-2-4-6-11/h2-6,12-17H,7-10H2,1H3/t12?,13-,14-,15+,16-,17+/m1/s1. The zero-order valence-electron chi connectivity index (χ0n) is 13.6. The first-order chi connectivity index (χ1) is 11.7. The van der Waals surface area contributed by atoms with E-state index in [1.54, 1.807) is 0 Å². The fraction of sp³-hybridized carbons (Fsp3) is 0.611. The van der Waals surface area contributed by atoms with Gasteiger partial charge in [-0.2, -0.15) is 0 Å². The van der Waals surface area contributed by atoms with Crippen molar-refractivity contribution < 1.29 is 19.0 Å². The fourth-order valence-corrected chi connectivity index (χ4v) is 4.38. The van der Waals surface area contributed by atoms with Crippen LogP contribution >= 0.6 is 15.9 Å². The summed E-state index contributed by atoms with van der Waals surface area (Å²) in [5, 5.41) is 0. The average Bonchev–Trinajstić information content (AvgIpc) is 3.34. The average molecular weight is 396 g/mol. The number of nitrogens with zero attached hydrogens (tertiary/aromatic N) is 1. The molecule has 1 aromatic carbocycles. The Balaban J connectivity index is 1.42. The number of ether oxygens (including phenoxy) is 3. The van der Waals surface area contributed by atoms with Gasteiger partial charge in [0, 0.05) is 24.9 Å². The quantitative estimate of drug-likeness (QED) is 0.420. The molecule has 6 atom stereocenters. The van der Waals surface area contributed by atoms with Gasteiger partial charge in [0.1, 0.15) is 29.7 Å². The van der Waals surface area contributed by atoms with Crippen molar-refractivity contribution in [1.29, 1.82) is 0 Å². The molecule has 130 valence electrons. The first-order valence-corrected chi connectivity index (χ1v) is 9.57. The smallest absolute Gasteiger partial charge is 0.316 e. The van der Waals surface area contributed by atoms with Crippen molar-refractivity contribution in [3.63, 3.8) is 0 Å². The maximum Gasteiger partial charge on any atom is 0.316 e. The van der Waals surface area contributed by atoms with Gasteiger partial charge in [0.05, 0.1) is 6.61 Å². The monoisotopic (exact) mass is 395 g/mol. The summed E-state index contributed by atoms with van der Waals surface area (Å²) in [4.78, 5) is 15.2. The topological polar surface area (TPSA) is 51.3 Å². The molecule has 1 aromatic rings. The normalized spacial score (nSPS) is 35.3. The molecular formula is C18H22BrNO4. The van der Waals surface area contributed by atoms with Gasteiger partial charge in [-0.15, -0.1) is 0 Å². The Morgan fingerprint density at radius 1 is 1.29 bits per heavy atom. The van der Waals surface area contributed by atoms with Gasteiger partial charge in [0.15, 0.2) is 0 Å². The summed E-state index contributed by atoms with van der Waals surface area (Å²) in [5.74, 6) is -0.572. The second-order valence-electron chi connectivity index (χ2n) is 6.84. The Hall–Kier alpha value is -0.950. The van der Waals surface area contributed by atoms with Crippen molar-refractivity contribution in [3.8, 4) is 0 Å². The van der Waals surface area contributed by atoms with Crippen LogP contribution in [0.25, 0.3) is 0 Å². The van der Waals surface area contributed by atoms with E-state index in [4.69, 9.17) is 14.2 Å². The number of halogens is 1. The lowest BCUT2D eigenvalue weighted by atomic mass is 9.97. The summed E-state index contributed by atoms with van der Waals surface area (Å²) in [6.07, 6.45) is 2.41. The summed E-state index contributed by atoms with van der Waals surface area (Å²) in [7, 11) is 2.15. The summed E-state index contributed by atoms with van der Waals surface area (Å²) in [6.45, 7) is 0.321. The summed E-state index contributed by atoms with van der Waals surface area (Å²) in [6, 6.07) is 10.5. The number of piperidine rings is 1. The maximum atomic E-state index is 12.8. The minimum Gasteiger partial charge on any atom is -0.462 e. The number of hydrogen-bond acceptors (Lipinski definition) is 5. The second-order valence-corrected chi connectivity index (χ2v) is 7.30. The van der Waals surface area contributed by atoms with Gasteiger partial charge in [-0.05, 0) is 12.6 Å². The third kappa shape index (κ3) is 3.01. The van der Waals surface area contributed by atoms with Crippen molar-refractivity contribution >= 4 is 21.9 Å². The molecule has 0 radical (unpaired) electrons. The van der Waals surface area contributed by atoms with Crippen molar-refractivity contribution in [2.75, 3.05) is 19.2 Å². The predicted molar refractivity (Wildman–Crippen MR) is 92.0 cm³/mol. The molecule has 3 aliphatic heterocycles. The first kappa shape index (κ1) is 16.5. The molecule has 0 N–H and O–H groups in total. The number of rotatable bonds is 6. The Bertz CT molecular complexity index is 580. The highest BCUT2D eigenvalue weighted by atomic mass is 79.9. The number of fused-ring (bicyclic) bond motifs is 5. The molecule has 3 aliphatic rings. The Morgan fingerprint density at radius 2 is 1.96 bits per heavy atom. The number of epoxide rings is 1. The van der Waals surface area contributed by atoms with E-state index in [0.717, 1.165) is 18.4 Å². The van der Waals surface area contributed by atoms with Crippen LogP contribution in [0.2, 0.25) is 0 Å². The highest BCUT2D eigenvalue weighted by Crippen LogP contribution is 2.48. The van der Waals surface area contributed by atoms with Crippen molar-refractivity contribution in [2.24, 2.45) is 0 Å². The highest BCUT2D eigenvalue weighted by Gasteiger charge is 2.62. The highest BCUT2D eigenvalue weighted by molar-refractivity contribution is 9.09. The molecule has 0 aromatic heterocycles. The van der Waals surface area contributed by atoms with E-state index in [0.29, 0.717) is 36.4 Å². The summed E-state index contributed by atoms with van der Waals surface area (Å²) in [5.41, 5.74) is 1.34. The Morgan fingerprint density at radius 3 is 2.58 bits per heavy atom. The minimum atomic E-state index is -0.383. The largest absolute Gasteiger partial charge is 0.462 e. The molecule has 0 amide bonds. The first-order valence-electron chi connectivity index (χ1n) is 8.45. The van der Waals surface area contributed by atoms with E-state index in [1.165, 1.54) is 0 Å². The molecule has 3 fully saturated rings. The molecule has 4 rings (SSSR count). The third-order valence-corrected chi connectivity index (χ3v) is 5.83. The summed E-state index contributed by atoms with van der Waals surface area (Å²) < 4.78 is 17.0. The van der Waals surface area contributed by atoms with Crippen LogP contribution in [0.5, 0.6) is 0 Å². The van der Waals surface area contributed by atoms with Gasteiger partial charge in [-0.1, -0.05) is 46.3 Å². The van der Waals surface area contributed by atoms with Crippen LogP contribution in [-0.4, -0.2) is 60.4 Å². The van der Waals surface area contributed by atoms with E-state index < -0.39 is 0 Å². The number of morpholine rings is 1. The molecule has 2 bridgehead atoms. The van der Waals surface area contributed by atoms with Crippen LogP contribution in [0, 0.1) is 0 Å². The molecule has 24 heavy (non-hydrogen) atoms. The second kappa shape index (κ2) is 6.75.